The van der Waals surface area contributed by atoms with Crippen LogP contribution in [0.1, 0.15) is 31.4 Å². The lowest BCUT2D eigenvalue weighted by Gasteiger charge is -2.18. The van der Waals surface area contributed by atoms with Crippen LogP contribution in [0.3, 0.4) is 0 Å². The van der Waals surface area contributed by atoms with Crippen LogP contribution in [0.15, 0.2) is 35.3 Å². The molecule has 0 aromatic heterocycles. The number of guanidine groups is 1. The zero-order chi connectivity index (χ0) is 19.0. The molecule has 0 radical (unpaired) electrons. The Morgan fingerprint density at radius 1 is 1.07 bits per heavy atom. The van der Waals surface area contributed by atoms with Crippen molar-refractivity contribution in [3.05, 3.63) is 35.9 Å². The van der Waals surface area contributed by atoms with Gasteiger partial charge in [-0.3, -0.25) is 4.99 Å². The first-order valence-electron chi connectivity index (χ1n) is 9.46. The standard InChI is InChI=1S/C20H36N4O2.HI/c1-18(19-10-6-5-7-11-19)26-17-8-12-22-20(21-2)23-13-15-24(3)14-9-16-25-4;/h5-7,10-11,18H,8-9,12-17H2,1-4H3,(H2,21,22,23);1H. The third kappa shape index (κ3) is 13.0. The second-order valence-electron chi connectivity index (χ2n) is 6.35. The molecule has 1 rings (SSSR count). The summed E-state index contributed by atoms with van der Waals surface area (Å²) in [5, 5.41) is 6.67. The Morgan fingerprint density at radius 2 is 1.78 bits per heavy atom. The number of hydrogen-bond donors (Lipinski definition) is 2. The van der Waals surface area contributed by atoms with Crippen molar-refractivity contribution >= 4 is 29.9 Å². The fourth-order valence-corrected chi connectivity index (χ4v) is 2.54. The van der Waals surface area contributed by atoms with Gasteiger partial charge in [0.1, 0.15) is 0 Å². The molecule has 0 spiro atoms. The molecule has 0 aliphatic heterocycles. The topological polar surface area (TPSA) is 58.1 Å². The van der Waals surface area contributed by atoms with Gasteiger partial charge in [-0.25, -0.2) is 0 Å². The van der Waals surface area contributed by atoms with E-state index in [0.717, 1.165) is 58.2 Å². The van der Waals surface area contributed by atoms with E-state index in [1.165, 1.54) is 5.56 Å². The highest BCUT2D eigenvalue weighted by atomic mass is 127. The average molecular weight is 492 g/mol. The second-order valence-corrected chi connectivity index (χ2v) is 6.35. The normalized spacial score (nSPS) is 12.6. The number of nitrogens with zero attached hydrogens (tertiary/aromatic N) is 2. The maximum Gasteiger partial charge on any atom is 0.191 e. The zero-order valence-corrected chi connectivity index (χ0v) is 19.6. The lowest BCUT2D eigenvalue weighted by molar-refractivity contribution is 0.0646. The van der Waals surface area contributed by atoms with Crippen LogP contribution < -0.4 is 10.6 Å². The summed E-state index contributed by atoms with van der Waals surface area (Å²) in [4.78, 5) is 6.55. The molecule has 27 heavy (non-hydrogen) atoms. The van der Waals surface area contributed by atoms with Gasteiger partial charge in [-0.2, -0.15) is 0 Å². The maximum atomic E-state index is 5.89. The molecule has 1 aromatic rings. The third-order valence-corrected chi connectivity index (χ3v) is 4.15. The molecule has 0 saturated carbocycles. The first kappa shape index (κ1) is 26.1. The largest absolute Gasteiger partial charge is 0.385 e. The van der Waals surface area contributed by atoms with E-state index >= 15 is 0 Å². The van der Waals surface area contributed by atoms with E-state index in [-0.39, 0.29) is 30.1 Å². The van der Waals surface area contributed by atoms with E-state index < -0.39 is 0 Å². The van der Waals surface area contributed by atoms with Gasteiger partial charge in [-0.15, -0.1) is 24.0 Å². The van der Waals surface area contributed by atoms with Crippen molar-refractivity contribution in [1.82, 2.24) is 15.5 Å². The molecular formula is C20H37IN4O2. The smallest absolute Gasteiger partial charge is 0.191 e. The molecule has 2 N–H and O–H groups in total. The maximum absolute atomic E-state index is 5.89. The zero-order valence-electron chi connectivity index (χ0n) is 17.2. The number of halogens is 1. The van der Waals surface area contributed by atoms with Gasteiger partial charge in [0.05, 0.1) is 6.10 Å². The Hall–Kier alpha value is -0.900. The molecule has 1 unspecified atom stereocenters. The van der Waals surface area contributed by atoms with Crippen molar-refractivity contribution in [1.29, 1.82) is 0 Å². The number of rotatable bonds is 13. The highest BCUT2D eigenvalue weighted by Gasteiger charge is 2.04. The Bertz CT molecular complexity index is 488. The molecule has 0 fully saturated rings. The number of benzene rings is 1. The molecule has 7 heteroatoms. The van der Waals surface area contributed by atoms with Gasteiger partial charge in [0, 0.05) is 53.6 Å². The van der Waals surface area contributed by atoms with Crippen molar-refractivity contribution < 1.29 is 9.47 Å². The number of likely N-dealkylation sites (N-methyl/N-ethyl adjacent to an activating group) is 1. The van der Waals surface area contributed by atoms with Crippen molar-refractivity contribution in [2.45, 2.75) is 25.9 Å². The highest BCUT2D eigenvalue weighted by molar-refractivity contribution is 14.0. The summed E-state index contributed by atoms with van der Waals surface area (Å²) in [5.41, 5.74) is 1.22. The van der Waals surface area contributed by atoms with Crippen molar-refractivity contribution in [3.8, 4) is 0 Å². The summed E-state index contributed by atoms with van der Waals surface area (Å²) in [6, 6.07) is 10.3. The lowest BCUT2D eigenvalue weighted by atomic mass is 10.1. The second kappa shape index (κ2) is 17.2. The van der Waals surface area contributed by atoms with Crippen LogP contribution in [0.2, 0.25) is 0 Å². The Labute approximate surface area is 182 Å². The van der Waals surface area contributed by atoms with E-state index in [4.69, 9.17) is 9.47 Å². The van der Waals surface area contributed by atoms with Gasteiger partial charge in [-0.05, 0) is 32.4 Å². The minimum atomic E-state index is 0. The van der Waals surface area contributed by atoms with Gasteiger partial charge in [0.15, 0.2) is 5.96 Å². The molecule has 0 aliphatic carbocycles. The summed E-state index contributed by atoms with van der Waals surface area (Å²) in [7, 11) is 5.66. The van der Waals surface area contributed by atoms with Crippen LogP contribution in [0, 0.1) is 0 Å². The van der Waals surface area contributed by atoms with Crippen LogP contribution in [0.5, 0.6) is 0 Å². The highest BCUT2D eigenvalue weighted by Crippen LogP contribution is 2.15. The van der Waals surface area contributed by atoms with Crippen molar-refractivity contribution in [2.75, 3.05) is 60.6 Å². The molecule has 0 amide bonds. The number of methoxy groups -OCH3 is 1. The molecule has 0 saturated heterocycles. The van der Waals surface area contributed by atoms with E-state index in [0.29, 0.717) is 0 Å². The van der Waals surface area contributed by atoms with E-state index in [9.17, 15) is 0 Å². The summed E-state index contributed by atoms with van der Waals surface area (Å²) < 4.78 is 11.0. The minimum Gasteiger partial charge on any atom is -0.385 e. The number of nitrogens with one attached hydrogen (secondary N) is 2. The van der Waals surface area contributed by atoms with Crippen LogP contribution >= 0.6 is 24.0 Å². The minimum absolute atomic E-state index is 0. The summed E-state index contributed by atoms with van der Waals surface area (Å²) in [6.45, 7) is 7.34. The van der Waals surface area contributed by atoms with Crippen LogP contribution in [-0.2, 0) is 9.47 Å². The predicted molar refractivity (Wildman–Crippen MR) is 124 cm³/mol. The third-order valence-electron chi connectivity index (χ3n) is 4.15. The molecule has 0 aliphatic rings. The van der Waals surface area contributed by atoms with E-state index in [1.54, 1.807) is 14.2 Å². The first-order chi connectivity index (χ1) is 12.7. The molecule has 0 heterocycles. The van der Waals surface area contributed by atoms with Crippen LogP contribution in [-0.4, -0.2) is 71.5 Å². The molecule has 156 valence electrons. The van der Waals surface area contributed by atoms with Crippen molar-refractivity contribution in [2.24, 2.45) is 4.99 Å². The van der Waals surface area contributed by atoms with Gasteiger partial charge in [0.25, 0.3) is 0 Å². The molecule has 6 nitrogen and oxygen atoms in total. The molecule has 1 aromatic carbocycles. The quantitative estimate of drug-likeness (QED) is 0.192. The van der Waals surface area contributed by atoms with Gasteiger partial charge < -0.3 is 25.0 Å². The summed E-state index contributed by atoms with van der Waals surface area (Å²) >= 11 is 0. The first-order valence-corrected chi connectivity index (χ1v) is 9.46. The number of hydrogen-bond acceptors (Lipinski definition) is 4. The summed E-state index contributed by atoms with van der Waals surface area (Å²) in [5.74, 6) is 0.839. The lowest BCUT2D eigenvalue weighted by Crippen LogP contribution is -2.41. The summed E-state index contributed by atoms with van der Waals surface area (Å²) in [6.07, 6.45) is 2.12. The molecule has 1 atom stereocenters. The number of ether oxygens (including phenoxy) is 2. The Kier molecular flexibility index (Phi) is 16.6. The van der Waals surface area contributed by atoms with Gasteiger partial charge >= 0.3 is 0 Å². The van der Waals surface area contributed by atoms with Crippen molar-refractivity contribution in [3.63, 3.8) is 0 Å². The van der Waals surface area contributed by atoms with Crippen LogP contribution in [0.4, 0.5) is 0 Å². The van der Waals surface area contributed by atoms with Crippen LogP contribution in [0.25, 0.3) is 0 Å². The predicted octanol–water partition coefficient (Wildman–Crippen LogP) is 2.91. The molecule has 0 bridgehead atoms. The average Bonchev–Trinajstić information content (AvgIpc) is 2.67. The van der Waals surface area contributed by atoms with Gasteiger partial charge in [0.2, 0.25) is 0 Å². The Balaban J connectivity index is 0.00000676. The van der Waals surface area contributed by atoms with Gasteiger partial charge in [-0.1, -0.05) is 30.3 Å². The SMILES string of the molecule is CN=C(NCCCOC(C)c1ccccc1)NCCN(C)CCCOC.I. The fraction of sp³-hybridized carbons (Fsp3) is 0.650. The van der Waals surface area contributed by atoms with E-state index in [1.807, 2.05) is 18.2 Å². The number of aliphatic imine (C=N–C) groups is 1. The fourth-order valence-electron chi connectivity index (χ4n) is 2.54. The Morgan fingerprint density at radius 3 is 2.44 bits per heavy atom. The monoisotopic (exact) mass is 492 g/mol. The molecular weight excluding hydrogens is 455 g/mol. The van der Waals surface area contributed by atoms with E-state index in [2.05, 4.69) is 46.6 Å².